The largest absolute Gasteiger partial charge is 0.371 e. The molecule has 0 N–H and O–H groups in total. The first-order valence-electron chi connectivity index (χ1n) is 6.33. The Balaban J connectivity index is 1.94. The highest BCUT2D eigenvalue weighted by Gasteiger charge is 2.14. The van der Waals surface area contributed by atoms with Crippen molar-refractivity contribution < 1.29 is 0 Å². The van der Waals surface area contributed by atoms with Crippen LogP contribution in [0.15, 0.2) is 42.7 Å². The minimum Gasteiger partial charge on any atom is -0.371 e. The minimum absolute atomic E-state index is 1.21. The Labute approximate surface area is 102 Å². The SMILES string of the molecule is Cc1cc(-n2cccc2)ccc1N1CCCC1. The van der Waals surface area contributed by atoms with E-state index in [9.17, 15) is 0 Å². The van der Waals surface area contributed by atoms with Gasteiger partial charge in [-0.25, -0.2) is 0 Å². The summed E-state index contributed by atoms with van der Waals surface area (Å²) in [6.45, 7) is 4.63. The molecule has 0 atom stereocenters. The van der Waals surface area contributed by atoms with E-state index in [2.05, 4.69) is 59.1 Å². The van der Waals surface area contributed by atoms with Crippen molar-refractivity contribution >= 4 is 5.69 Å². The zero-order valence-corrected chi connectivity index (χ0v) is 10.3. The highest BCUT2D eigenvalue weighted by Crippen LogP contribution is 2.26. The van der Waals surface area contributed by atoms with Crippen LogP contribution in [-0.2, 0) is 0 Å². The van der Waals surface area contributed by atoms with Gasteiger partial charge in [-0.15, -0.1) is 0 Å². The van der Waals surface area contributed by atoms with Crippen LogP contribution in [0.25, 0.3) is 5.69 Å². The predicted molar refractivity (Wildman–Crippen MR) is 72.0 cm³/mol. The molecule has 1 fully saturated rings. The minimum atomic E-state index is 1.21. The molecule has 2 aromatic rings. The number of benzene rings is 1. The first kappa shape index (κ1) is 10.5. The molecule has 2 heterocycles. The lowest BCUT2D eigenvalue weighted by Crippen LogP contribution is -2.18. The van der Waals surface area contributed by atoms with Crippen molar-refractivity contribution in [2.24, 2.45) is 0 Å². The fourth-order valence-corrected chi connectivity index (χ4v) is 2.62. The zero-order chi connectivity index (χ0) is 11.7. The number of hydrogen-bond donors (Lipinski definition) is 0. The van der Waals surface area contributed by atoms with Crippen LogP contribution in [0.5, 0.6) is 0 Å². The molecule has 0 radical (unpaired) electrons. The lowest BCUT2D eigenvalue weighted by Gasteiger charge is -2.20. The molecule has 1 aliphatic heterocycles. The van der Waals surface area contributed by atoms with E-state index < -0.39 is 0 Å². The van der Waals surface area contributed by atoms with Crippen LogP contribution >= 0.6 is 0 Å². The molecule has 1 aromatic carbocycles. The molecular weight excluding hydrogens is 208 g/mol. The molecule has 2 heteroatoms. The first-order valence-corrected chi connectivity index (χ1v) is 6.33. The van der Waals surface area contributed by atoms with E-state index in [1.807, 2.05) is 0 Å². The maximum atomic E-state index is 2.49. The molecule has 2 nitrogen and oxygen atoms in total. The third-order valence-corrected chi connectivity index (χ3v) is 3.53. The summed E-state index contributed by atoms with van der Waals surface area (Å²) in [5.74, 6) is 0. The van der Waals surface area contributed by atoms with E-state index in [0.717, 1.165) is 0 Å². The van der Waals surface area contributed by atoms with Crippen LogP contribution in [0.4, 0.5) is 5.69 Å². The molecule has 1 aliphatic rings. The molecule has 3 rings (SSSR count). The molecule has 17 heavy (non-hydrogen) atoms. The number of nitrogens with zero attached hydrogens (tertiary/aromatic N) is 2. The number of hydrogen-bond acceptors (Lipinski definition) is 1. The van der Waals surface area contributed by atoms with Gasteiger partial charge in [-0.3, -0.25) is 0 Å². The molecule has 0 saturated carbocycles. The van der Waals surface area contributed by atoms with Gasteiger partial charge in [0.1, 0.15) is 0 Å². The number of aromatic nitrogens is 1. The van der Waals surface area contributed by atoms with Crippen molar-refractivity contribution in [3.05, 3.63) is 48.3 Å². The van der Waals surface area contributed by atoms with Gasteiger partial charge in [0.15, 0.2) is 0 Å². The molecule has 0 spiro atoms. The summed E-state index contributed by atoms with van der Waals surface area (Å²) < 4.78 is 2.15. The van der Waals surface area contributed by atoms with Gasteiger partial charge in [-0.1, -0.05) is 0 Å². The lowest BCUT2D eigenvalue weighted by molar-refractivity contribution is 0.949. The van der Waals surface area contributed by atoms with Crippen LogP contribution in [0.1, 0.15) is 18.4 Å². The fourth-order valence-electron chi connectivity index (χ4n) is 2.62. The van der Waals surface area contributed by atoms with Gasteiger partial charge < -0.3 is 9.47 Å². The van der Waals surface area contributed by atoms with Gasteiger partial charge in [-0.05, 0) is 55.7 Å². The van der Waals surface area contributed by atoms with Crippen LogP contribution in [0.3, 0.4) is 0 Å². The molecular formula is C15H18N2. The Morgan fingerprint density at radius 2 is 1.71 bits per heavy atom. The second kappa shape index (κ2) is 4.28. The monoisotopic (exact) mass is 226 g/mol. The lowest BCUT2D eigenvalue weighted by atomic mass is 10.1. The Hall–Kier alpha value is -1.70. The Morgan fingerprint density at radius 1 is 1.00 bits per heavy atom. The van der Waals surface area contributed by atoms with Crippen molar-refractivity contribution in [3.63, 3.8) is 0 Å². The molecule has 88 valence electrons. The van der Waals surface area contributed by atoms with E-state index in [1.165, 1.54) is 42.9 Å². The average Bonchev–Trinajstić information content (AvgIpc) is 3.02. The number of aryl methyl sites for hydroxylation is 1. The van der Waals surface area contributed by atoms with Crippen LogP contribution in [0.2, 0.25) is 0 Å². The van der Waals surface area contributed by atoms with E-state index >= 15 is 0 Å². The van der Waals surface area contributed by atoms with E-state index in [4.69, 9.17) is 0 Å². The van der Waals surface area contributed by atoms with E-state index in [1.54, 1.807) is 0 Å². The molecule has 0 amide bonds. The molecule has 1 aromatic heterocycles. The van der Waals surface area contributed by atoms with Gasteiger partial charge in [0.2, 0.25) is 0 Å². The second-order valence-corrected chi connectivity index (χ2v) is 4.76. The highest BCUT2D eigenvalue weighted by atomic mass is 15.1. The number of rotatable bonds is 2. The van der Waals surface area contributed by atoms with Crippen molar-refractivity contribution in [3.8, 4) is 5.69 Å². The second-order valence-electron chi connectivity index (χ2n) is 4.76. The summed E-state index contributed by atoms with van der Waals surface area (Å²) in [6.07, 6.45) is 6.84. The summed E-state index contributed by atoms with van der Waals surface area (Å²) in [4.78, 5) is 2.49. The third kappa shape index (κ3) is 1.95. The number of anilines is 1. The van der Waals surface area contributed by atoms with Crippen LogP contribution in [0, 0.1) is 6.92 Å². The predicted octanol–water partition coefficient (Wildman–Crippen LogP) is 3.39. The van der Waals surface area contributed by atoms with Gasteiger partial charge in [-0.2, -0.15) is 0 Å². The summed E-state index contributed by atoms with van der Waals surface area (Å²) >= 11 is 0. The Kier molecular flexibility index (Phi) is 2.63. The maximum Gasteiger partial charge on any atom is 0.0453 e. The molecule has 0 aliphatic carbocycles. The van der Waals surface area contributed by atoms with Gasteiger partial charge in [0, 0.05) is 36.9 Å². The Morgan fingerprint density at radius 3 is 2.35 bits per heavy atom. The summed E-state index contributed by atoms with van der Waals surface area (Å²) in [5, 5.41) is 0. The van der Waals surface area contributed by atoms with Crippen molar-refractivity contribution in [1.29, 1.82) is 0 Å². The zero-order valence-electron chi connectivity index (χ0n) is 10.3. The van der Waals surface area contributed by atoms with E-state index in [-0.39, 0.29) is 0 Å². The van der Waals surface area contributed by atoms with Crippen molar-refractivity contribution in [2.45, 2.75) is 19.8 Å². The van der Waals surface area contributed by atoms with Crippen LogP contribution < -0.4 is 4.90 Å². The first-order chi connectivity index (χ1) is 8.34. The standard InChI is InChI=1S/C15H18N2/c1-13-12-14(16-8-2-3-9-16)6-7-15(13)17-10-4-5-11-17/h2-3,6-9,12H,4-5,10-11H2,1H3. The molecule has 0 bridgehead atoms. The highest BCUT2D eigenvalue weighted by molar-refractivity contribution is 5.57. The summed E-state index contributed by atoms with van der Waals surface area (Å²) in [7, 11) is 0. The molecule has 0 unspecified atom stereocenters. The van der Waals surface area contributed by atoms with Gasteiger partial charge in [0.05, 0.1) is 0 Å². The van der Waals surface area contributed by atoms with E-state index in [0.29, 0.717) is 0 Å². The summed E-state index contributed by atoms with van der Waals surface area (Å²) in [6, 6.07) is 10.9. The van der Waals surface area contributed by atoms with Crippen LogP contribution in [-0.4, -0.2) is 17.7 Å². The van der Waals surface area contributed by atoms with Crippen molar-refractivity contribution in [1.82, 2.24) is 4.57 Å². The molecule has 1 saturated heterocycles. The maximum absolute atomic E-state index is 2.49. The van der Waals surface area contributed by atoms with Gasteiger partial charge >= 0.3 is 0 Å². The fraction of sp³-hybridized carbons (Fsp3) is 0.333. The Bertz CT molecular complexity index is 494. The third-order valence-electron chi connectivity index (χ3n) is 3.53. The van der Waals surface area contributed by atoms with Crippen molar-refractivity contribution in [2.75, 3.05) is 18.0 Å². The average molecular weight is 226 g/mol. The normalized spacial score (nSPS) is 15.5. The topological polar surface area (TPSA) is 8.17 Å². The quantitative estimate of drug-likeness (QED) is 0.762. The smallest absolute Gasteiger partial charge is 0.0453 e. The van der Waals surface area contributed by atoms with Gasteiger partial charge in [0.25, 0.3) is 0 Å². The summed E-state index contributed by atoms with van der Waals surface area (Å²) in [5.41, 5.74) is 4.02.